The molecule has 1 heterocycles. The standard InChI is InChI=1S/C11H20N4OS/c1-7(2)15(5-10(12)14-16)6-11-13-8(3)9(4)17-11/h7,16H,5-6H2,1-4H3,(H2,12,14). The molecule has 0 aliphatic carbocycles. The highest BCUT2D eigenvalue weighted by atomic mass is 32.1. The minimum atomic E-state index is 0.226. The third-order valence-corrected chi connectivity index (χ3v) is 3.69. The number of hydrogen-bond acceptors (Lipinski definition) is 5. The summed E-state index contributed by atoms with van der Waals surface area (Å²) in [5, 5.41) is 12.7. The molecule has 6 heteroatoms. The quantitative estimate of drug-likeness (QED) is 0.364. The number of hydrogen-bond donors (Lipinski definition) is 2. The summed E-state index contributed by atoms with van der Waals surface area (Å²) < 4.78 is 0. The molecule has 0 bridgehead atoms. The van der Waals surface area contributed by atoms with Gasteiger partial charge in [0.05, 0.1) is 18.8 Å². The van der Waals surface area contributed by atoms with Crippen LogP contribution < -0.4 is 5.73 Å². The van der Waals surface area contributed by atoms with Crippen LogP contribution in [0.4, 0.5) is 0 Å². The molecule has 5 nitrogen and oxygen atoms in total. The van der Waals surface area contributed by atoms with Gasteiger partial charge in [-0.1, -0.05) is 5.16 Å². The van der Waals surface area contributed by atoms with Gasteiger partial charge in [-0.05, 0) is 27.7 Å². The Morgan fingerprint density at radius 1 is 1.53 bits per heavy atom. The van der Waals surface area contributed by atoms with E-state index in [0.717, 1.165) is 17.2 Å². The number of nitrogens with two attached hydrogens (primary N) is 1. The van der Waals surface area contributed by atoms with E-state index in [0.29, 0.717) is 12.6 Å². The van der Waals surface area contributed by atoms with Crippen molar-refractivity contribution in [3.05, 3.63) is 15.6 Å². The summed E-state index contributed by atoms with van der Waals surface area (Å²) in [6.45, 7) is 9.42. The lowest BCUT2D eigenvalue weighted by molar-refractivity contribution is 0.238. The molecule has 0 unspecified atom stereocenters. The van der Waals surface area contributed by atoms with Crippen molar-refractivity contribution in [2.75, 3.05) is 6.54 Å². The number of aryl methyl sites for hydroxylation is 2. The summed E-state index contributed by atoms with van der Waals surface area (Å²) in [5.74, 6) is 0.226. The maximum atomic E-state index is 8.60. The van der Waals surface area contributed by atoms with Gasteiger partial charge < -0.3 is 10.9 Å². The van der Waals surface area contributed by atoms with E-state index in [1.165, 1.54) is 4.88 Å². The van der Waals surface area contributed by atoms with Crippen LogP contribution in [0.2, 0.25) is 0 Å². The molecule has 0 saturated heterocycles. The Labute approximate surface area is 106 Å². The highest BCUT2D eigenvalue weighted by Crippen LogP contribution is 2.18. The highest BCUT2D eigenvalue weighted by Gasteiger charge is 2.14. The fourth-order valence-electron chi connectivity index (χ4n) is 1.44. The second-order valence-corrected chi connectivity index (χ2v) is 5.63. The number of thiazole rings is 1. The summed E-state index contributed by atoms with van der Waals surface area (Å²) in [6, 6.07) is 0.319. The van der Waals surface area contributed by atoms with Gasteiger partial charge in [-0.25, -0.2) is 4.98 Å². The van der Waals surface area contributed by atoms with Gasteiger partial charge in [0.25, 0.3) is 0 Å². The minimum Gasteiger partial charge on any atom is -0.409 e. The van der Waals surface area contributed by atoms with E-state index in [4.69, 9.17) is 10.9 Å². The molecule has 0 aliphatic rings. The molecule has 0 radical (unpaired) electrons. The number of oxime groups is 1. The predicted octanol–water partition coefficient (Wildman–Crippen LogP) is 1.72. The molecule has 0 aliphatic heterocycles. The summed E-state index contributed by atoms with van der Waals surface area (Å²) >= 11 is 1.70. The minimum absolute atomic E-state index is 0.226. The lowest BCUT2D eigenvalue weighted by Gasteiger charge is -2.24. The van der Waals surface area contributed by atoms with Gasteiger partial charge in [-0.2, -0.15) is 0 Å². The van der Waals surface area contributed by atoms with Crippen LogP contribution in [0.25, 0.3) is 0 Å². The molecule has 0 fully saturated rings. The van der Waals surface area contributed by atoms with Crippen molar-refractivity contribution in [1.29, 1.82) is 0 Å². The second-order valence-electron chi connectivity index (χ2n) is 4.34. The Morgan fingerprint density at radius 3 is 2.59 bits per heavy atom. The molecule has 0 aromatic carbocycles. The van der Waals surface area contributed by atoms with Crippen LogP contribution in [0.1, 0.15) is 29.4 Å². The monoisotopic (exact) mass is 256 g/mol. The predicted molar refractivity (Wildman–Crippen MR) is 70.5 cm³/mol. The van der Waals surface area contributed by atoms with Crippen LogP contribution in [0.5, 0.6) is 0 Å². The molecule has 1 rings (SSSR count). The summed E-state index contributed by atoms with van der Waals surface area (Å²) in [5.41, 5.74) is 6.62. The summed E-state index contributed by atoms with van der Waals surface area (Å²) in [7, 11) is 0. The van der Waals surface area contributed by atoms with Gasteiger partial charge in [0.1, 0.15) is 5.01 Å². The van der Waals surface area contributed by atoms with Crippen molar-refractivity contribution < 1.29 is 5.21 Å². The number of rotatable bonds is 5. The van der Waals surface area contributed by atoms with E-state index in [9.17, 15) is 0 Å². The normalized spacial score (nSPS) is 12.7. The maximum Gasteiger partial charge on any atom is 0.153 e. The Morgan fingerprint density at radius 2 is 2.18 bits per heavy atom. The topological polar surface area (TPSA) is 74.7 Å². The zero-order valence-electron chi connectivity index (χ0n) is 10.8. The number of amidine groups is 1. The average Bonchev–Trinajstić information content (AvgIpc) is 2.56. The smallest absolute Gasteiger partial charge is 0.153 e. The van der Waals surface area contributed by atoms with E-state index in [2.05, 4.69) is 35.8 Å². The zero-order chi connectivity index (χ0) is 13.0. The molecule has 96 valence electrons. The second kappa shape index (κ2) is 5.97. The van der Waals surface area contributed by atoms with Crippen LogP contribution in [0.3, 0.4) is 0 Å². The molecule has 17 heavy (non-hydrogen) atoms. The molecule has 0 spiro atoms. The fourth-order valence-corrected chi connectivity index (χ4v) is 2.40. The lowest BCUT2D eigenvalue weighted by Crippen LogP contribution is -2.38. The first-order chi connectivity index (χ1) is 7.93. The van der Waals surface area contributed by atoms with Crippen molar-refractivity contribution >= 4 is 17.2 Å². The van der Waals surface area contributed by atoms with Crippen LogP contribution in [-0.2, 0) is 6.54 Å². The molecular weight excluding hydrogens is 236 g/mol. The Balaban J connectivity index is 2.73. The Hall–Kier alpha value is -1.14. The van der Waals surface area contributed by atoms with Gasteiger partial charge in [0.15, 0.2) is 5.84 Å². The average molecular weight is 256 g/mol. The van der Waals surface area contributed by atoms with Crippen molar-refractivity contribution in [3.63, 3.8) is 0 Å². The molecule has 0 atom stereocenters. The third-order valence-electron chi connectivity index (χ3n) is 2.64. The van der Waals surface area contributed by atoms with Crippen molar-refractivity contribution in [3.8, 4) is 0 Å². The molecule has 0 amide bonds. The van der Waals surface area contributed by atoms with E-state index in [-0.39, 0.29) is 5.84 Å². The molecule has 0 saturated carbocycles. The first-order valence-electron chi connectivity index (χ1n) is 5.57. The number of aromatic nitrogens is 1. The van der Waals surface area contributed by atoms with Crippen LogP contribution in [0.15, 0.2) is 5.16 Å². The lowest BCUT2D eigenvalue weighted by atomic mass is 10.3. The molecule has 3 N–H and O–H groups in total. The van der Waals surface area contributed by atoms with Crippen molar-refractivity contribution in [2.24, 2.45) is 10.9 Å². The van der Waals surface area contributed by atoms with Gasteiger partial charge in [0, 0.05) is 10.9 Å². The Bertz CT molecular complexity index is 381. The number of nitrogens with zero attached hydrogens (tertiary/aromatic N) is 3. The van der Waals surface area contributed by atoms with Crippen molar-refractivity contribution in [1.82, 2.24) is 9.88 Å². The molecule has 1 aromatic rings. The van der Waals surface area contributed by atoms with Crippen LogP contribution >= 0.6 is 11.3 Å². The van der Waals surface area contributed by atoms with E-state index >= 15 is 0 Å². The highest BCUT2D eigenvalue weighted by molar-refractivity contribution is 7.11. The van der Waals surface area contributed by atoms with Crippen molar-refractivity contribution in [2.45, 2.75) is 40.3 Å². The zero-order valence-corrected chi connectivity index (χ0v) is 11.6. The first kappa shape index (κ1) is 13.9. The summed E-state index contributed by atoms with van der Waals surface area (Å²) in [6.07, 6.45) is 0. The third kappa shape index (κ3) is 3.98. The Kier molecular flexibility index (Phi) is 4.89. The van der Waals surface area contributed by atoms with Crippen LogP contribution in [-0.4, -0.2) is 33.5 Å². The molecular formula is C11H20N4OS. The molecule has 1 aromatic heterocycles. The first-order valence-corrected chi connectivity index (χ1v) is 6.39. The van der Waals surface area contributed by atoms with E-state index in [1.807, 2.05) is 6.92 Å². The van der Waals surface area contributed by atoms with Gasteiger partial charge in [-0.15, -0.1) is 11.3 Å². The fraction of sp³-hybridized carbons (Fsp3) is 0.636. The van der Waals surface area contributed by atoms with E-state index in [1.54, 1.807) is 11.3 Å². The van der Waals surface area contributed by atoms with Crippen LogP contribution in [0, 0.1) is 13.8 Å². The maximum absolute atomic E-state index is 8.60. The SMILES string of the molecule is Cc1nc(CN(CC(N)=NO)C(C)C)sc1C. The van der Waals surface area contributed by atoms with Gasteiger partial charge >= 0.3 is 0 Å². The largest absolute Gasteiger partial charge is 0.409 e. The van der Waals surface area contributed by atoms with E-state index < -0.39 is 0 Å². The van der Waals surface area contributed by atoms with Gasteiger partial charge in [0.2, 0.25) is 0 Å². The summed E-state index contributed by atoms with van der Waals surface area (Å²) in [4.78, 5) is 7.86. The van der Waals surface area contributed by atoms with Gasteiger partial charge in [-0.3, -0.25) is 4.90 Å².